The number of aromatic nitrogens is 2. The van der Waals surface area contributed by atoms with Gasteiger partial charge in [0.2, 0.25) is 0 Å². The molecule has 0 atom stereocenters. The molecule has 0 aliphatic rings. The molecule has 0 aliphatic carbocycles. The van der Waals surface area contributed by atoms with Crippen LogP contribution in [0.5, 0.6) is 11.5 Å². The van der Waals surface area contributed by atoms with Gasteiger partial charge in [0.05, 0.1) is 3.79 Å². The monoisotopic (exact) mass is 420 g/mol. The third-order valence-corrected chi connectivity index (χ3v) is 4.54. The van der Waals surface area contributed by atoms with E-state index in [1.54, 1.807) is 37.3 Å². The van der Waals surface area contributed by atoms with Crippen LogP contribution in [0.3, 0.4) is 0 Å². The van der Waals surface area contributed by atoms with Crippen molar-refractivity contribution in [1.29, 1.82) is 0 Å². The topological polar surface area (TPSA) is 74.5 Å². The lowest BCUT2D eigenvalue weighted by atomic mass is 10.3. The number of ether oxygens (including phenoxy) is 2. The molecule has 0 aliphatic heterocycles. The number of benzene rings is 1. The Balaban J connectivity index is 1.51. The van der Waals surface area contributed by atoms with Crippen molar-refractivity contribution in [1.82, 2.24) is 10.1 Å². The van der Waals surface area contributed by atoms with E-state index in [-0.39, 0.29) is 6.61 Å². The molecule has 0 bridgehead atoms. The normalized spacial score (nSPS) is 11.0. The number of nitrogens with zero attached hydrogens (tertiary/aromatic N) is 2. The van der Waals surface area contributed by atoms with Crippen molar-refractivity contribution in [3.05, 3.63) is 62.9 Å². The van der Waals surface area contributed by atoms with Crippen molar-refractivity contribution in [2.75, 3.05) is 0 Å². The summed E-state index contributed by atoms with van der Waals surface area (Å²) in [7, 11) is 0. The van der Waals surface area contributed by atoms with E-state index >= 15 is 0 Å². The highest BCUT2D eigenvalue weighted by atomic mass is 79.9. The lowest BCUT2D eigenvalue weighted by Crippen LogP contribution is -2.03. The van der Waals surface area contributed by atoms with Crippen LogP contribution in [0.1, 0.15) is 16.6 Å². The van der Waals surface area contributed by atoms with Gasteiger partial charge in [0.25, 0.3) is 5.89 Å². The fraction of sp³-hybridized carbons (Fsp3) is 0.118. The summed E-state index contributed by atoms with van der Waals surface area (Å²) >= 11 is 4.90. The molecule has 1 aromatic carbocycles. The number of rotatable bonds is 6. The van der Waals surface area contributed by atoms with Crippen LogP contribution in [0.25, 0.3) is 6.08 Å². The van der Waals surface area contributed by atoms with Crippen molar-refractivity contribution in [3.8, 4) is 11.5 Å². The highest BCUT2D eigenvalue weighted by Gasteiger charge is 2.05. The number of hydrogen-bond donors (Lipinski definition) is 0. The van der Waals surface area contributed by atoms with Crippen LogP contribution in [-0.4, -0.2) is 16.1 Å². The summed E-state index contributed by atoms with van der Waals surface area (Å²) in [6.45, 7) is 1.92. The van der Waals surface area contributed by atoms with E-state index in [2.05, 4.69) is 26.1 Å². The maximum atomic E-state index is 11.8. The molecule has 2 heterocycles. The molecule has 8 heteroatoms. The summed E-state index contributed by atoms with van der Waals surface area (Å²) in [6, 6.07) is 10.5. The van der Waals surface area contributed by atoms with Crippen molar-refractivity contribution in [3.63, 3.8) is 0 Å². The summed E-state index contributed by atoms with van der Waals surface area (Å²) < 4.78 is 16.7. The van der Waals surface area contributed by atoms with E-state index in [0.29, 0.717) is 23.2 Å². The number of hydrogen-bond acceptors (Lipinski definition) is 7. The van der Waals surface area contributed by atoms with Gasteiger partial charge in [0, 0.05) is 11.0 Å². The minimum absolute atomic E-state index is 0.180. The number of thiophene rings is 1. The summed E-state index contributed by atoms with van der Waals surface area (Å²) in [5.74, 6) is 1.55. The first-order chi connectivity index (χ1) is 12.1. The van der Waals surface area contributed by atoms with Gasteiger partial charge in [-0.3, -0.25) is 0 Å². The van der Waals surface area contributed by atoms with Crippen LogP contribution < -0.4 is 9.47 Å². The molecule has 0 spiro atoms. The Morgan fingerprint density at radius 1 is 1.24 bits per heavy atom. The first kappa shape index (κ1) is 17.4. The number of carbonyl (C=O) groups excluding carboxylic acids is 1. The fourth-order valence-corrected chi connectivity index (χ4v) is 3.19. The maximum Gasteiger partial charge on any atom is 0.336 e. The predicted octanol–water partition coefficient (Wildman–Crippen LogP) is 4.40. The molecule has 0 amide bonds. The lowest BCUT2D eigenvalue weighted by Gasteiger charge is -2.05. The lowest BCUT2D eigenvalue weighted by molar-refractivity contribution is -0.128. The largest absolute Gasteiger partial charge is 0.484 e. The zero-order chi connectivity index (χ0) is 17.6. The minimum Gasteiger partial charge on any atom is -0.484 e. The average molecular weight is 421 g/mol. The molecule has 2 aromatic heterocycles. The summed E-state index contributed by atoms with van der Waals surface area (Å²) in [5, 5.41) is 3.68. The molecule has 0 radical (unpaired) electrons. The third-order valence-electron chi connectivity index (χ3n) is 2.95. The second-order valence-corrected chi connectivity index (χ2v) is 7.39. The molecule has 6 nitrogen and oxygen atoms in total. The van der Waals surface area contributed by atoms with Crippen LogP contribution in [-0.2, 0) is 11.4 Å². The number of aryl methyl sites for hydroxylation is 1. The number of carbonyl (C=O) groups is 1. The van der Waals surface area contributed by atoms with Crippen molar-refractivity contribution in [2.45, 2.75) is 13.5 Å². The number of halogens is 1. The Morgan fingerprint density at radius 2 is 2.00 bits per heavy atom. The Labute approximate surface area is 156 Å². The maximum absolute atomic E-state index is 11.8. The molecular weight excluding hydrogens is 408 g/mol. The molecule has 3 aromatic rings. The third kappa shape index (κ3) is 5.27. The van der Waals surface area contributed by atoms with E-state index in [4.69, 9.17) is 14.0 Å². The second kappa shape index (κ2) is 8.09. The van der Waals surface area contributed by atoms with E-state index in [1.165, 1.54) is 17.4 Å². The predicted molar refractivity (Wildman–Crippen MR) is 96.5 cm³/mol. The van der Waals surface area contributed by atoms with Gasteiger partial charge in [-0.15, -0.1) is 11.3 Å². The Morgan fingerprint density at radius 3 is 2.64 bits per heavy atom. The smallest absolute Gasteiger partial charge is 0.336 e. The Hall–Kier alpha value is -2.45. The Kier molecular flexibility index (Phi) is 5.62. The van der Waals surface area contributed by atoms with E-state index in [9.17, 15) is 4.79 Å². The molecule has 0 saturated heterocycles. The molecule has 25 heavy (non-hydrogen) atoms. The van der Waals surface area contributed by atoms with Gasteiger partial charge in [-0.05, 0) is 65.3 Å². The van der Waals surface area contributed by atoms with Gasteiger partial charge in [0.1, 0.15) is 11.5 Å². The summed E-state index contributed by atoms with van der Waals surface area (Å²) in [5.41, 5.74) is 0. The zero-order valence-corrected chi connectivity index (χ0v) is 15.5. The first-order valence-corrected chi connectivity index (χ1v) is 8.87. The van der Waals surface area contributed by atoms with Gasteiger partial charge in [-0.2, -0.15) is 4.98 Å². The molecule has 0 unspecified atom stereocenters. The minimum atomic E-state index is -0.445. The standard InChI is InChI=1S/C17H13BrN2O4S/c1-11-19-16(24-20-11)10-22-12-2-4-13(5-3-12)23-17(21)9-7-14-6-8-15(18)25-14/h2-9H,10H2,1H3. The van der Waals surface area contributed by atoms with Crippen LogP contribution >= 0.6 is 27.3 Å². The van der Waals surface area contributed by atoms with Gasteiger partial charge < -0.3 is 14.0 Å². The molecular formula is C17H13BrN2O4S. The van der Waals surface area contributed by atoms with Gasteiger partial charge in [-0.25, -0.2) is 4.79 Å². The molecule has 0 saturated carbocycles. The van der Waals surface area contributed by atoms with Crippen molar-refractivity contribution >= 4 is 39.3 Å². The van der Waals surface area contributed by atoms with Crippen LogP contribution in [0.2, 0.25) is 0 Å². The van der Waals surface area contributed by atoms with E-state index in [0.717, 1.165) is 8.66 Å². The highest BCUT2D eigenvalue weighted by Crippen LogP contribution is 2.23. The van der Waals surface area contributed by atoms with Gasteiger partial charge >= 0.3 is 5.97 Å². The van der Waals surface area contributed by atoms with Crippen LogP contribution in [0, 0.1) is 6.92 Å². The van der Waals surface area contributed by atoms with E-state index < -0.39 is 5.97 Å². The molecule has 0 fully saturated rings. The van der Waals surface area contributed by atoms with E-state index in [1.807, 2.05) is 12.1 Å². The second-order valence-electron chi connectivity index (χ2n) is 4.89. The van der Waals surface area contributed by atoms with Crippen LogP contribution in [0.4, 0.5) is 0 Å². The SMILES string of the molecule is Cc1noc(COc2ccc(OC(=O)C=Cc3ccc(Br)s3)cc2)n1. The number of esters is 1. The zero-order valence-electron chi connectivity index (χ0n) is 13.1. The average Bonchev–Trinajstić information content (AvgIpc) is 3.20. The van der Waals surface area contributed by atoms with Crippen molar-refractivity contribution < 1.29 is 18.8 Å². The van der Waals surface area contributed by atoms with Gasteiger partial charge in [-0.1, -0.05) is 5.16 Å². The van der Waals surface area contributed by atoms with Crippen molar-refractivity contribution in [2.24, 2.45) is 0 Å². The summed E-state index contributed by atoms with van der Waals surface area (Å²) in [4.78, 5) is 16.8. The Bertz CT molecular complexity index is 886. The summed E-state index contributed by atoms with van der Waals surface area (Å²) in [6.07, 6.45) is 3.10. The molecule has 0 N–H and O–H groups in total. The molecule has 128 valence electrons. The quantitative estimate of drug-likeness (QED) is 0.334. The van der Waals surface area contributed by atoms with Gasteiger partial charge in [0.15, 0.2) is 12.4 Å². The van der Waals surface area contributed by atoms with Crippen LogP contribution in [0.15, 0.2) is 50.8 Å². The first-order valence-electron chi connectivity index (χ1n) is 7.26. The molecule has 3 rings (SSSR count). The highest BCUT2D eigenvalue weighted by molar-refractivity contribution is 9.11. The fourth-order valence-electron chi connectivity index (χ4n) is 1.87.